The fraction of sp³-hybridized carbons (Fsp3) is 0.692. The van der Waals surface area contributed by atoms with Crippen LogP contribution >= 0.6 is 0 Å². The second kappa shape index (κ2) is 4.50. The average molecular weight is 220 g/mol. The van der Waals surface area contributed by atoms with E-state index in [1.54, 1.807) is 6.33 Å². The summed E-state index contributed by atoms with van der Waals surface area (Å²) in [7, 11) is 0. The normalized spacial score (nSPS) is 20.2. The summed E-state index contributed by atoms with van der Waals surface area (Å²) in [6.07, 6.45) is 1.70. The lowest BCUT2D eigenvalue weighted by molar-refractivity contribution is 0.0757. The Bertz CT molecular complexity index is 374. The van der Waals surface area contributed by atoms with Crippen LogP contribution in [0.4, 0.5) is 0 Å². The summed E-state index contributed by atoms with van der Waals surface area (Å²) < 4.78 is 5.68. The van der Waals surface area contributed by atoms with E-state index in [9.17, 15) is 0 Å². The van der Waals surface area contributed by atoms with Crippen molar-refractivity contribution >= 4 is 0 Å². The maximum atomic E-state index is 5.68. The number of rotatable bonds is 2. The zero-order valence-corrected chi connectivity index (χ0v) is 10.5. The Balaban J connectivity index is 2.46. The van der Waals surface area contributed by atoms with Gasteiger partial charge in [0.25, 0.3) is 0 Å². The lowest BCUT2D eigenvalue weighted by Crippen LogP contribution is -2.24. The Morgan fingerprint density at radius 3 is 2.62 bits per heavy atom. The van der Waals surface area contributed by atoms with Crippen LogP contribution in [0.25, 0.3) is 0 Å². The van der Waals surface area contributed by atoms with Gasteiger partial charge in [-0.1, -0.05) is 27.7 Å². The second-order valence-corrected chi connectivity index (χ2v) is 5.14. The van der Waals surface area contributed by atoms with Gasteiger partial charge in [-0.25, -0.2) is 9.97 Å². The van der Waals surface area contributed by atoms with Gasteiger partial charge >= 0.3 is 0 Å². The van der Waals surface area contributed by atoms with Gasteiger partial charge < -0.3 is 4.74 Å². The number of fused-ring (bicyclic) bond motifs is 1. The van der Waals surface area contributed by atoms with Gasteiger partial charge in [0.15, 0.2) is 0 Å². The van der Waals surface area contributed by atoms with Crippen molar-refractivity contribution in [3.8, 4) is 0 Å². The smallest absolute Gasteiger partial charge is 0.115 e. The molecule has 0 saturated carbocycles. The van der Waals surface area contributed by atoms with Crippen LogP contribution in [-0.4, -0.2) is 16.6 Å². The quantitative estimate of drug-likeness (QED) is 0.768. The fourth-order valence-corrected chi connectivity index (χ4v) is 2.28. The highest BCUT2D eigenvalue weighted by Crippen LogP contribution is 2.33. The van der Waals surface area contributed by atoms with Gasteiger partial charge in [0.2, 0.25) is 0 Å². The third-order valence-electron chi connectivity index (χ3n) is 3.26. The van der Waals surface area contributed by atoms with Crippen LogP contribution in [0.3, 0.4) is 0 Å². The van der Waals surface area contributed by atoms with E-state index in [2.05, 4.69) is 37.7 Å². The molecule has 0 N–H and O–H groups in total. The summed E-state index contributed by atoms with van der Waals surface area (Å²) in [5.41, 5.74) is 3.58. The molecular formula is C13H20N2O. The molecule has 0 fully saturated rings. The van der Waals surface area contributed by atoms with E-state index in [4.69, 9.17) is 4.74 Å². The first kappa shape index (κ1) is 11.5. The lowest BCUT2D eigenvalue weighted by atomic mass is 9.87. The predicted molar refractivity (Wildman–Crippen MR) is 63.4 cm³/mol. The molecule has 16 heavy (non-hydrogen) atoms. The van der Waals surface area contributed by atoms with Crippen LogP contribution in [0.2, 0.25) is 0 Å². The minimum absolute atomic E-state index is 0.421. The van der Waals surface area contributed by atoms with Crippen molar-refractivity contribution in [1.29, 1.82) is 0 Å². The highest BCUT2D eigenvalue weighted by molar-refractivity contribution is 5.30. The molecule has 1 aromatic heterocycles. The average Bonchev–Trinajstić information content (AvgIpc) is 2.27. The molecular weight excluding hydrogens is 200 g/mol. The molecule has 0 bridgehead atoms. The van der Waals surface area contributed by atoms with Gasteiger partial charge in [-0.3, -0.25) is 0 Å². The van der Waals surface area contributed by atoms with Crippen molar-refractivity contribution in [1.82, 2.24) is 9.97 Å². The first-order chi connectivity index (χ1) is 7.61. The number of aromatic nitrogens is 2. The first-order valence-electron chi connectivity index (χ1n) is 6.02. The van der Waals surface area contributed by atoms with Gasteiger partial charge in [0, 0.05) is 11.5 Å². The van der Waals surface area contributed by atoms with Crippen LogP contribution in [0.15, 0.2) is 6.33 Å². The molecule has 1 aromatic rings. The molecule has 2 heterocycles. The second-order valence-electron chi connectivity index (χ2n) is 5.14. The Labute approximate surface area is 97.3 Å². The van der Waals surface area contributed by atoms with E-state index in [0.717, 1.165) is 12.3 Å². The molecule has 0 spiro atoms. The van der Waals surface area contributed by atoms with E-state index in [1.807, 2.05) is 0 Å². The SMILES string of the molecule is CC(C)c1ncnc2c1COCC2C(C)C. The summed E-state index contributed by atoms with van der Waals surface area (Å²) in [4.78, 5) is 8.87. The molecule has 1 atom stereocenters. The van der Waals surface area contributed by atoms with E-state index < -0.39 is 0 Å². The van der Waals surface area contributed by atoms with Crippen molar-refractivity contribution in [2.45, 2.75) is 46.1 Å². The standard InChI is InChI=1S/C13H20N2O/c1-8(2)10-5-16-6-11-12(9(3)4)14-7-15-13(10)11/h7-10H,5-6H2,1-4H3. The molecule has 88 valence electrons. The largest absolute Gasteiger partial charge is 0.376 e. The molecule has 0 radical (unpaired) electrons. The topological polar surface area (TPSA) is 35.0 Å². The molecule has 1 aliphatic rings. The zero-order chi connectivity index (χ0) is 11.7. The predicted octanol–water partition coefficient (Wildman–Crippen LogP) is 2.87. The van der Waals surface area contributed by atoms with E-state index in [-0.39, 0.29) is 0 Å². The number of nitrogens with zero attached hydrogens (tertiary/aromatic N) is 2. The van der Waals surface area contributed by atoms with Crippen LogP contribution in [0, 0.1) is 5.92 Å². The highest BCUT2D eigenvalue weighted by Gasteiger charge is 2.27. The lowest BCUT2D eigenvalue weighted by Gasteiger charge is -2.29. The van der Waals surface area contributed by atoms with Gasteiger partial charge in [0.05, 0.1) is 24.6 Å². The van der Waals surface area contributed by atoms with E-state index >= 15 is 0 Å². The zero-order valence-electron chi connectivity index (χ0n) is 10.5. The first-order valence-corrected chi connectivity index (χ1v) is 6.02. The number of hydrogen-bond donors (Lipinski definition) is 0. The number of ether oxygens (including phenoxy) is 1. The van der Waals surface area contributed by atoms with Crippen LogP contribution in [0.5, 0.6) is 0 Å². The Hall–Kier alpha value is -0.960. The Morgan fingerprint density at radius 2 is 2.00 bits per heavy atom. The minimum Gasteiger partial charge on any atom is -0.376 e. The van der Waals surface area contributed by atoms with Crippen molar-refractivity contribution in [2.75, 3.05) is 6.61 Å². The Morgan fingerprint density at radius 1 is 1.25 bits per heavy atom. The number of hydrogen-bond acceptors (Lipinski definition) is 3. The molecule has 1 unspecified atom stereocenters. The van der Waals surface area contributed by atoms with Crippen molar-refractivity contribution in [3.05, 3.63) is 23.3 Å². The van der Waals surface area contributed by atoms with Gasteiger partial charge in [-0.05, 0) is 11.8 Å². The minimum atomic E-state index is 0.421. The van der Waals surface area contributed by atoms with Crippen molar-refractivity contribution in [3.63, 3.8) is 0 Å². The van der Waals surface area contributed by atoms with Crippen molar-refractivity contribution in [2.24, 2.45) is 5.92 Å². The van der Waals surface area contributed by atoms with Gasteiger partial charge in [-0.15, -0.1) is 0 Å². The van der Waals surface area contributed by atoms with E-state index in [1.165, 1.54) is 11.3 Å². The van der Waals surface area contributed by atoms with Gasteiger partial charge in [0.1, 0.15) is 6.33 Å². The third kappa shape index (κ3) is 1.96. The summed E-state index contributed by atoms with van der Waals surface area (Å²) in [5.74, 6) is 1.42. The van der Waals surface area contributed by atoms with Crippen LogP contribution in [-0.2, 0) is 11.3 Å². The maximum absolute atomic E-state index is 5.68. The van der Waals surface area contributed by atoms with Crippen molar-refractivity contribution < 1.29 is 4.74 Å². The van der Waals surface area contributed by atoms with E-state index in [0.29, 0.717) is 24.4 Å². The molecule has 0 aliphatic carbocycles. The molecule has 3 nitrogen and oxygen atoms in total. The molecule has 0 saturated heterocycles. The third-order valence-corrected chi connectivity index (χ3v) is 3.26. The molecule has 3 heteroatoms. The fourth-order valence-electron chi connectivity index (χ4n) is 2.28. The molecule has 1 aliphatic heterocycles. The molecule has 2 rings (SSSR count). The van der Waals surface area contributed by atoms with Crippen LogP contribution in [0.1, 0.15) is 56.5 Å². The summed E-state index contributed by atoms with van der Waals surface area (Å²) in [6.45, 7) is 10.2. The molecule has 0 amide bonds. The summed E-state index contributed by atoms with van der Waals surface area (Å²) in [5, 5.41) is 0. The highest BCUT2D eigenvalue weighted by atomic mass is 16.5. The summed E-state index contributed by atoms with van der Waals surface area (Å²) in [6, 6.07) is 0. The molecule has 0 aromatic carbocycles. The monoisotopic (exact) mass is 220 g/mol. The Kier molecular flexibility index (Phi) is 3.24. The summed E-state index contributed by atoms with van der Waals surface area (Å²) >= 11 is 0. The maximum Gasteiger partial charge on any atom is 0.115 e. The van der Waals surface area contributed by atoms with Gasteiger partial charge in [-0.2, -0.15) is 0 Å². The van der Waals surface area contributed by atoms with Crippen LogP contribution < -0.4 is 0 Å².